The first kappa shape index (κ1) is 12.5. The number of thiophene rings is 2. The van der Waals surface area contributed by atoms with Crippen LogP contribution in [0.5, 0.6) is 0 Å². The lowest BCUT2D eigenvalue weighted by atomic mass is 10.2. The van der Waals surface area contributed by atoms with Gasteiger partial charge in [-0.15, -0.1) is 32.9 Å². The maximum Gasteiger partial charge on any atom is 0.146 e. The first-order valence-corrected chi connectivity index (χ1v) is 7.73. The average molecular weight is 290 g/mol. The number of aromatic nitrogens is 3. The monoisotopic (exact) mass is 290 g/mol. The van der Waals surface area contributed by atoms with Crippen molar-refractivity contribution < 1.29 is 0 Å². The summed E-state index contributed by atoms with van der Waals surface area (Å²) in [5, 5.41) is 15.8. The smallest absolute Gasteiger partial charge is 0.146 e. The molecule has 3 aromatic rings. The average Bonchev–Trinajstić information content (AvgIpc) is 3.13. The van der Waals surface area contributed by atoms with Gasteiger partial charge in [-0.05, 0) is 22.9 Å². The molecule has 0 saturated carbocycles. The second kappa shape index (κ2) is 5.64. The lowest BCUT2D eigenvalue weighted by Gasteiger charge is -2.15. The van der Waals surface area contributed by atoms with E-state index in [1.807, 2.05) is 11.6 Å². The van der Waals surface area contributed by atoms with Gasteiger partial charge in [-0.25, -0.2) is 0 Å². The number of nitrogens with one attached hydrogen (secondary N) is 1. The first-order chi connectivity index (χ1) is 9.34. The molecule has 0 aromatic carbocycles. The van der Waals surface area contributed by atoms with Crippen LogP contribution in [0.3, 0.4) is 0 Å². The predicted molar refractivity (Wildman–Crippen MR) is 78.3 cm³/mol. The van der Waals surface area contributed by atoms with Crippen LogP contribution in [0.4, 0.5) is 0 Å². The molecule has 98 valence electrons. The third-order valence-electron chi connectivity index (χ3n) is 2.92. The molecule has 0 aliphatic carbocycles. The van der Waals surface area contributed by atoms with Crippen LogP contribution in [0.15, 0.2) is 41.4 Å². The van der Waals surface area contributed by atoms with E-state index in [0.29, 0.717) is 6.54 Å². The summed E-state index contributed by atoms with van der Waals surface area (Å²) in [6.45, 7) is 0.705. The van der Waals surface area contributed by atoms with Crippen molar-refractivity contribution in [3.63, 3.8) is 0 Å². The molecule has 0 saturated heterocycles. The maximum atomic E-state index is 4.11. The van der Waals surface area contributed by atoms with Crippen LogP contribution in [0.25, 0.3) is 0 Å². The summed E-state index contributed by atoms with van der Waals surface area (Å²) in [5.74, 6) is 0.943. The summed E-state index contributed by atoms with van der Waals surface area (Å²) in [6, 6.07) is 8.74. The maximum absolute atomic E-state index is 4.11. The molecule has 1 N–H and O–H groups in total. The minimum absolute atomic E-state index is 0.233. The minimum atomic E-state index is 0.233. The van der Waals surface area contributed by atoms with Crippen LogP contribution in [-0.4, -0.2) is 14.8 Å². The Labute approximate surface area is 119 Å². The van der Waals surface area contributed by atoms with Crippen molar-refractivity contribution in [2.24, 2.45) is 7.05 Å². The van der Waals surface area contributed by atoms with Crippen molar-refractivity contribution in [1.29, 1.82) is 0 Å². The number of hydrogen-bond donors (Lipinski definition) is 1. The molecule has 0 spiro atoms. The lowest BCUT2D eigenvalue weighted by Crippen LogP contribution is -2.22. The molecule has 3 heterocycles. The second-order valence-electron chi connectivity index (χ2n) is 4.20. The second-order valence-corrected chi connectivity index (χ2v) is 6.16. The molecule has 0 unspecified atom stereocenters. The van der Waals surface area contributed by atoms with Gasteiger partial charge in [0, 0.05) is 16.8 Å². The molecule has 0 radical (unpaired) electrons. The third-order valence-corrected chi connectivity index (χ3v) is 4.80. The van der Waals surface area contributed by atoms with Gasteiger partial charge >= 0.3 is 0 Å². The fraction of sp³-hybridized carbons (Fsp3) is 0.231. The van der Waals surface area contributed by atoms with E-state index < -0.39 is 0 Å². The molecule has 0 aliphatic rings. The van der Waals surface area contributed by atoms with Crippen molar-refractivity contribution in [3.8, 4) is 0 Å². The summed E-state index contributed by atoms with van der Waals surface area (Å²) in [5.41, 5.74) is 0. The van der Waals surface area contributed by atoms with E-state index in [1.165, 1.54) is 9.75 Å². The molecule has 0 amide bonds. The molecule has 6 heteroatoms. The highest BCUT2D eigenvalue weighted by Crippen LogP contribution is 2.29. The van der Waals surface area contributed by atoms with Gasteiger partial charge in [0.1, 0.15) is 12.2 Å². The normalized spacial score (nSPS) is 11.3. The van der Waals surface area contributed by atoms with Gasteiger partial charge in [0.25, 0.3) is 0 Å². The summed E-state index contributed by atoms with van der Waals surface area (Å²) >= 11 is 3.54. The molecule has 3 aromatic heterocycles. The van der Waals surface area contributed by atoms with Crippen LogP contribution >= 0.6 is 22.7 Å². The van der Waals surface area contributed by atoms with Gasteiger partial charge in [0.15, 0.2) is 0 Å². The van der Waals surface area contributed by atoms with E-state index in [0.717, 1.165) is 5.82 Å². The largest absolute Gasteiger partial charge is 0.320 e. The van der Waals surface area contributed by atoms with Gasteiger partial charge in [-0.2, -0.15) is 0 Å². The van der Waals surface area contributed by atoms with Crippen molar-refractivity contribution in [2.45, 2.75) is 12.6 Å². The van der Waals surface area contributed by atoms with Crippen molar-refractivity contribution in [3.05, 3.63) is 56.9 Å². The van der Waals surface area contributed by atoms with E-state index in [2.05, 4.69) is 50.5 Å². The molecule has 19 heavy (non-hydrogen) atoms. The summed E-state index contributed by atoms with van der Waals surface area (Å²) in [6.07, 6.45) is 1.72. The SMILES string of the molecule is Cn1cnnc1CNC(c1cccs1)c1cccs1. The molecular weight excluding hydrogens is 276 g/mol. The number of hydrogen-bond acceptors (Lipinski definition) is 5. The fourth-order valence-electron chi connectivity index (χ4n) is 1.91. The molecule has 4 nitrogen and oxygen atoms in total. The van der Waals surface area contributed by atoms with Gasteiger partial charge in [0.05, 0.1) is 12.6 Å². The fourth-order valence-corrected chi connectivity index (χ4v) is 3.62. The topological polar surface area (TPSA) is 42.7 Å². The van der Waals surface area contributed by atoms with E-state index >= 15 is 0 Å². The Morgan fingerprint density at radius 3 is 2.37 bits per heavy atom. The standard InChI is InChI=1S/C13H14N4S2/c1-17-9-15-16-12(17)8-14-13(10-4-2-6-18-10)11-5-3-7-19-11/h2-7,9,13-14H,8H2,1H3. The third kappa shape index (κ3) is 2.75. The Morgan fingerprint density at radius 2 is 1.89 bits per heavy atom. The van der Waals surface area contributed by atoms with Crippen LogP contribution in [0.1, 0.15) is 21.6 Å². The summed E-state index contributed by atoms with van der Waals surface area (Å²) in [7, 11) is 1.96. The zero-order chi connectivity index (χ0) is 13.1. The molecule has 0 aliphatic heterocycles. The molecule has 0 fully saturated rings. The van der Waals surface area contributed by atoms with Gasteiger partial charge < -0.3 is 4.57 Å². The number of aryl methyl sites for hydroxylation is 1. The predicted octanol–water partition coefficient (Wildman–Crippen LogP) is 2.82. The van der Waals surface area contributed by atoms with Crippen molar-refractivity contribution >= 4 is 22.7 Å². The van der Waals surface area contributed by atoms with Crippen molar-refractivity contribution in [2.75, 3.05) is 0 Å². The Kier molecular flexibility index (Phi) is 3.72. The Bertz CT molecular complexity index is 579. The number of nitrogens with zero attached hydrogens (tertiary/aromatic N) is 3. The highest BCUT2D eigenvalue weighted by Gasteiger charge is 2.16. The Hall–Kier alpha value is -1.50. The Balaban J connectivity index is 1.79. The van der Waals surface area contributed by atoms with E-state index in [1.54, 1.807) is 29.0 Å². The summed E-state index contributed by atoms with van der Waals surface area (Å²) < 4.78 is 1.94. The summed E-state index contributed by atoms with van der Waals surface area (Å²) in [4.78, 5) is 2.65. The first-order valence-electron chi connectivity index (χ1n) is 5.97. The molecular formula is C13H14N4S2. The zero-order valence-corrected chi connectivity index (χ0v) is 12.1. The number of rotatable bonds is 5. The van der Waals surface area contributed by atoms with E-state index in [9.17, 15) is 0 Å². The zero-order valence-electron chi connectivity index (χ0n) is 10.5. The van der Waals surface area contributed by atoms with E-state index in [-0.39, 0.29) is 6.04 Å². The molecule has 0 atom stereocenters. The van der Waals surface area contributed by atoms with Crippen LogP contribution < -0.4 is 5.32 Å². The highest BCUT2D eigenvalue weighted by molar-refractivity contribution is 7.11. The highest BCUT2D eigenvalue weighted by atomic mass is 32.1. The van der Waals surface area contributed by atoms with Crippen molar-refractivity contribution in [1.82, 2.24) is 20.1 Å². The van der Waals surface area contributed by atoms with Gasteiger partial charge in [-0.3, -0.25) is 5.32 Å². The Morgan fingerprint density at radius 1 is 1.21 bits per heavy atom. The van der Waals surface area contributed by atoms with Crippen LogP contribution in [-0.2, 0) is 13.6 Å². The van der Waals surface area contributed by atoms with Crippen LogP contribution in [0, 0.1) is 0 Å². The van der Waals surface area contributed by atoms with Crippen LogP contribution in [0.2, 0.25) is 0 Å². The van der Waals surface area contributed by atoms with Gasteiger partial charge in [-0.1, -0.05) is 12.1 Å². The van der Waals surface area contributed by atoms with E-state index in [4.69, 9.17) is 0 Å². The minimum Gasteiger partial charge on any atom is -0.320 e. The quantitative estimate of drug-likeness (QED) is 0.785. The van der Waals surface area contributed by atoms with Gasteiger partial charge in [0.2, 0.25) is 0 Å². The molecule has 3 rings (SSSR count). The lowest BCUT2D eigenvalue weighted by molar-refractivity contribution is 0.585. The molecule has 0 bridgehead atoms.